The molecule has 0 unspecified atom stereocenters. The van der Waals surface area contributed by atoms with Crippen LogP contribution in [0, 0.1) is 6.92 Å². The van der Waals surface area contributed by atoms with Crippen LogP contribution in [0.3, 0.4) is 0 Å². The normalized spacial score (nSPS) is 12.8. The molecule has 1 aliphatic rings. The van der Waals surface area contributed by atoms with Gasteiger partial charge in [0.05, 0.1) is 18.4 Å². The number of hydrogen-bond donors (Lipinski definition) is 3. The molecule has 0 spiro atoms. The van der Waals surface area contributed by atoms with Crippen LogP contribution in [-0.2, 0) is 27.2 Å². The summed E-state index contributed by atoms with van der Waals surface area (Å²) in [5.41, 5.74) is 4.26. The quantitative estimate of drug-likeness (QED) is 0.0719. The molecule has 0 aliphatic heterocycles. The molecule has 3 aromatic carbocycles. The number of aryl methyl sites for hydroxylation is 2. The molecule has 3 amide bonds. The second-order valence-electron chi connectivity index (χ2n) is 10.8. The summed E-state index contributed by atoms with van der Waals surface area (Å²) in [6, 6.07) is 23.4. The molecule has 3 N–H and O–H groups in total. The highest BCUT2D eigenvalue weighted by Crippen LogP contribution is 2.38. The number of hydrogen-bond acceptors (Lipinski definition) is 7. The van der Waals surface area contributed by atoms with Crippen LogP contribution in [-0.4, -0.2) is 36.6 Å². The van der Waals surface area contributed by atoms with E-state index in [1.165, 1.54) is 30.2 Å². The Bertz CT molecular complexity index is 1780. The van der Waals surface area contributed by atoms with Crippen molar-refractivity contribution in [3.05, 3.63) is 117 Å². The summed E-state index contributed by atoms with van der Waals surface area (Å²) < 4.78 is 5.05. The maximum Gasteiger partial charge on any atom is 0.341 e. The monoisotopic (exact) mass is 653 g/mol. The highest BCUT2D eigenvalue weighted by Gasteiger charge is 2.26. The van der Waals surface area contributed by atoms with Crippen LogP contribution in [0.2, 0.25) is 0 Å². The van der Waals surface area contributed by atoms with Crippen molar-refractivity contribution >= 4 is 63.6 Å². The number of methoxy groups -OCH3 is 1. The second-order valence-corrected chi connectivity index (χ2v) is 13.0. The third-order valence-corrected chi connectivity index (χ3v) is 9.74. The number of fused-ring (bicyclic) bond motifs is 1. The van der Waals surface area contributed by atoms with Crippen molar-refractivity contribution < 1.29 is 23.9 Å². The predicted molar refractivity (Wildman–Crippen MR) is 184 cm³/mol. The molecule has 0 fully saturated rings. The Morgan fingerprint density at radius 2 is 1.65 bits per heavy atom. The van der Waals surface area contributed by atoms with Gasteiger partial charge in [0, 0.05) is 21.0 Å². The Morgan fingerprint density at radius 3 is 2.43 bits per heavy atom. The minimum Gasteiger partial charge on any atom is -0.465 e. The van der Waals surface area contributed by atoms with E-state index in [2.05, 4.69) is 16.0 Å². The van der Waals surface area contributed by atoms with E-state index in [4.69, 9.17) is 4.74 Å². The fourth-order valence-electron chi connectivity index (χ4n) is 5.17. The predicted octanol–water partition coefficient (Wildman–Crippen LogP) is 7.25. The number of carbonyl (C=O) groups excluding carboxylic acids is 4. The number of thiophene rings is 1. The zero-order valence-corrected chi connectivity index (χ0v) is 27.3. The van der Waals surface area contributed by atoms with Gasteiger partial charge in [0.15, 0.2) is 0 Å². The maximum absolute atomic E-state index is 13.5. The van der Waals surface area contributed by atoms with E-state index < -0.39 is 17.8 Å². The molecule has 5 rings (SSSR count). The van der Waals surface area contributed by atoms with E-state index in [-0.39, 0.29) is 17.4 Å². The molecule has 0 saturated carbocycles. The van der Waals surface area contributed by atoms with Gasteiger partial charge < -0.3 is 20.7 Å². The number of rotatable bonds is 10. The lowest BCUT2D eigenvalue weighted by molar-refractivity contribution is -0.114. The van der Waals surface area contributed by atoms with Crippen molar-refractivity contribution in [3.8, 4) is 0 Å². The van der Waals surface area contributed by atoms with Crippen molar-refractivity contribution in [3.63, 3.8) is 0 Å². The molecule has 236 valence electrons. The van der Waals surface area contributed by atoms with E-state index in [1.807, 2.05) is 43.3 Å². The van der Waals surface area contributed by atoms with Crippen molar-refractivity contribution in [2.24, 2.45) is 0 Å². The first-order valence-electron chi connectivity index (χ1n) is 15.0. The maximum atomic E-state index is 13.5. The molecule has 1 aromatic heterocycles. The number of anilines is 2. The molecule has 0 atom stereocenters. The molecule has 0 bridgehead atoms. The summed E-state index contributed by atoms with van der Waals surface area (Å²) in [5.74, 6) is -1.45. The molecule has 0 saturated heterocycles. The molecule has 4 aromatic rings. The average Bonchev–Trinajstić information content (AvgIpc) is 3.23. The van der Waals surface area contributed by atoms with E-state index in [9.17, 15) is 19.2 Å². The summed E-state index contributed by atoms with van der Waals surface area (Å²) >= 11 is 2.77. The van der Waals surface area contributed by atoms with E-state index in [1.54, 1.807) is 48.5 Å². The Labute approximate surface area is 276 Å². The van der Waals surface area contributed by atoms with Gasteiger partial charge in [-0.3, -0.25) is 14.4 Å². The zero-order valence-electron chi connectivity index (χ0n) is 25.7. The van der Waals surface area contributed by atoms with Crippen LogP contribution in [0.15, 0.2) is 89.5 Å². The van der Waals surface area contributed by atoms with Gasteiger partial charge in [-0.2, -0.15) is 0 Å². The molecular weight excluding hydrogens is 619 g/mol. The number of thioether (sulfide) groups is 1. The minimum absolute atomic E-state index is 0.0938. The standard InChI is InChI=1S/C36H35N3O5S2/c1-23-12-9-10-15-25(23)20-29(38-33(41)24-13-5-3-6-14-24)34(42)37-26-16-11-17-27(21-26)45-22-31(40)39-35-32(36(43)44-2)28-18-7-4-8-19-30(28)46-35/h3,5-6,9-17,20-21H,4,7-8,18-19,22H2,1-2H3,(H,37,42)(H,38,41)(H,39,40)/b29-20-. The van der Waals surface area contributed by atoms with Gasteiger partial charge in [-0.15, -0.1) is 23.1 Å². The number of esters is 1. The summed E-state index contributed by atoms with van der Waals surface area (Å²) in [5, 5.41) is 9.12. The minimum atomic E-state index is -0.486. The lowest BCUT2D eigenvalue weighted by Crippen LogP contribution is -2.30. The third-order valence-electron chi connectivity index (χ3n) is 7.54. The number of carbonyl (C=O) groups is 4. The summed E-state index contributed by atoms with van der Waals surface area (Å²) in [4.78, 5) is 54.0. The van der Waals surface area contributed by atoms with Crippen LogP contribution in [0.4, 0.5) is 10.7 Å². The highest BCUT2D eigenvalue weighted by molar-refractivity contribution is 8.00. The molecule has 46 heavy (non-hydrogen) atoms. The van der Waals surface area contributed by atoms with Crippen LogP contribution in [0.1, 0.15) is 61.5 Å². The molecule has 1 aliphatic carbocycles. The van der Waals surface area contributed by atoms with Gasteiger partial charge in [0.2, 0.25) is 5.91 Å². The Hall–Kier alpha value is -4.67. The van der Waals surface area contributed by atoms with Crippen LogP contribution in [0.5, 0.6) is 0 Å². The Balaban J connectivity index is 1.27. The number of ether oxygens (including phenoxy) is 1. The van der Waals surface area contributed by atoms with Gasteiger partial charge in [-0.1, -0.05) is 55.0 Å². The van der Waals surface area contributed by atoms with Crippen molar-refractivity contribution in [2.45, 2.75) is 43.9 Å². The van der Waals surface area contributed by atoms with Crippen molar-refractivity contribution in [1.82, 2.24) is 5.32 Å². The smallest absolute Gasteiger partial charge is 0.341 e. The number of amides is 3. The topological polar surface area (TPSA) is 114 Å². The second kappa shape index (κ2) is 15.6. The largest absolute Gasteiger partial charge is 0.465 e. The summed E-state index contributed by atoms with van der Waals surface area (Å²) in [7, 11) is 1.36. The van der Waals surface area contributed by atoms with Gasteiger partial charge >= 0.3 is 5.97 Å². The van der Waals surface area contributed by atoms with E-state index >= 15 is 0 Å². The molecule has 1 heterocycles. The third kappa shape index (κ3) is 8.32. The van der Waals surface area contributed by atoms with Crippen LogP contribution < -0.4 is 16.0 Å². The van der Waals surface area contributed by atoms with Crippen LogP contribution >= 0.6 is 23.1 Å². The first kappa shape index (κ1) is 32.7. The molecular formula is C36H35N3O5S2. The summed E-state index contributed by atoms with van der Waals surface area (Å²) in [6.45, 7) is 1.93. The van der Waals surface area contributed by atoms with Crippen molar-refractivity contribution in [1.29, 1.82) is 0 Å². The summed E-state index contributed by atoms with van der Waals surface area (Å²) in [6.07, 6.45) is 6.54. The Kier molecular flexibility index (Phi) is 11.1. The molecule has 0 radical (unpaired) electrons. The first-order valence-corrected chi connectivity index (χ1v) is 16.8. The number of benzene rings is 3. The van der Waals surface area contributed by atoms with E-state index in [0.29, 0.717) is 21.8 Å². The van der Waals surface area contributed by atoms with E-state index in [0.717, 1.165) is 58.6 Å². The van der Waals surface area contributed by atoms with Gasteiger partial charge in [-0.05, 0) is 85.7 Å². The lowest BCUT2D eigenvalue weighted by atomic mass is 10.1. The average molecular weight is 654 g/mol. The zero-order chi connectivity index (χ0) is 32.5. The fraction of sp³-hybridized carbons (Fsp3) is 0.222. The SMILES string of the molecule is COC(=O)c1c(NC(=O)CSc2cccc(NC(=O)/C(=C/c3ccccc3C)NC(=O)c3ccccc3)c2)sc2c1CCCCC2. The van der Waals surface area contributed by atoms with Crippen molar-refractivity contribution in [2.75, 3.05) is 23.5 Å². The fourth-order valence-corrected chi connectivity index (χ4v) is 7.22. The Morgan fingerprint density at radius 1 is 0.891 bits per heavy atom. The van der Waals surface area contributed by atoms with Gasteiger partial charge in [-0.25, -0.2) is 4.79 Å². The lowest BCUT2D eigenvalue weighted by Gasteiger charge is -2.13. The molecule has 8 nitrogen and oxygen atoms in total. The van der Waals surface area contributed by atoms with Gasteiger partial charge in [0.25, 0.3) is 11.8 Å². The highest BCUT2D eigenvalue weighted by atomic mass is 32.2. The first-order chi connectivity index (χ1) is 22.3. The number of nitrogens with one attached hydrogen (secondary N) is 3. The molecule has 10 heteroatoms. The van der Waals surface area contributed by atoms with Gasteiger partial charge in [0.1, 0.15) is 10.7 Å². The van der Waals surface area contributed by atoms with Crippen LogP contribution in [0.25, 0.3) is 6.08 Å².